The van der Waals surface area contributed by atoms with Crippen LogP contribution in [0.5, 0.6) is 0 Å². The summed E-state index contributed by atoms with van der Waals surface area (Å²) in [7, 11) is 0. The maximum Gasteiger partial charge on any atom is 0.322 e. The number of carbonyl (C=O) groups excluding carboxylic acids is 1. The lowest BCUT2D eigenvalue weighted by atomic mass is 10.2. The molecule has 1 fully saturated rings. The standard InChI is InChI=1S/C12H15Cl2N3O/c1-7-11(15)4-5-17(7)12(18)16-8-2-3-9(13)10(14)6-8/h2-3,6-7,11H,4-5,15H2,1H3,(H,16,18). The molecule has 1 saturated heterocycles. The first-order valence-corrected chi connectivity index (χ1v) is 6.53. The lowest BCUT2D eigenvalue weighted by molar-refractivity contribution is 0.208. The molecule has 2 amide bonds. The van der Waals surface area contributed by atoms with Crippen LogP contribution in [0.3, 0.4) is 0 Å². The first-order chi connectivity index (χ1) is 8.49. The Kier molecular flexibility index (Phi) is 4.00. The highest BCUT2D eigenvalue weighted by atomic mass is 35.5. The van der Waals surface area contributed by atoms with E-state index in [0.717, 1.165) is 6.42 Å². The molecule has 2 rings (SSSR count). The molecular weight excluding hydrogens is 273 g/mol. The monoisotopic (exact) mass is 287 g/mol. The van der Waals surface area contributed by atoms with Crippen LogP contribution in [0.4, 0.5) is 10.5 Å². The van der Waals surface area contributed by atoms with E-state index < -0.39 is 0 Å². The van der Waals surface area contributed by atoms with E-state index >= 15 is 0 Å². The van der Waals surface area contributed by atoms with Crippen molar-refractivity contribution >= 4 is 34.9 Å². The number of nitrogens with two attached hydrogens (primary N) is 1. The van der Waals surface area contributed by atoms with Crippen LogP contribution in [0.2, 0.25) is 10.0 Å². The summed E-state index contributed by atoms with van der Waals surface area (Å²) in [4.78, 5) is 13.8. The third-order valence-electron chi connectivity index (χ3n) is 3.25. The van der Waals surface area contributed by atoms with Crippen molar-refractivity contribution in [2.45, 2.75) is 25.4 Å². The Morgan fingerprint density at radius 3 is 2.72 bits per heavy atom. The Hall–Kier alpha value is -0.970. The number of anilines is 1. The predicted octanol–water partition coefficient (Wildman–Crippen LogP) is 2.95. The van der Waals surface area contributed by atoms with E-state index in [-0.39, 0.29) is 18.1 Å². The summed E-state index contributed by atoms with van der Waals surface area (Å²) in [6.07, 6.45) is 0.829. The van der Waals surface area contributed by atoms with Crippen LogP contribution in [-0.2, 0) is 0 Å². The second-order valence-electron chi connectivity index (χ2n) is 4.45. The number of likely N-dealkylation sites (tertiary alicyclic amines) is 1. The van der Waals surface area contributed by atoms with Gasteiger partial charge in [0, 0.05) is 24.3 Å². The molecule has 1 aliphatic rings. The van der Waals surface area contributed by atoms with Gasteiger partial charge in [-0.1, -0.05) is 23.2 Å². The second kappa shape index (κ2) is 5.34. The summed E-state index contributed by atoms with van der Waals surface area (Å²) in [6.45, 7) is 2.63. The van der Waals surface area contributed by atoms with Gasteiger partial charge in [0.25, 0.3) is 0 Å². The van der Waals surface area contributed by atoms with Crippen LogP contribution < -0.4 is 11.1 Å². The number of halogens is 2. The SMILES string of the molecule is CC1C(N)CCN1C(=O)Nc1ccc(Cl)c(Cl)c1. The molecular formula is C12H15Cl2N3O. The molecule has 0 aliphatic carbocycles. The number of amides is 2. The molecule has 2 unspecified atom stereocenters. The van der Waals surface area contributed by atoms with E-state index in [1.807, 2.05) is 6.92 Å². The van der Waals surface area contributed by atoms with Gasteiger partial charge in [0.15, 0.2) is 0 Å². The van der Waals surface area contributed by atoms with Crippen LogP contribution >= 0.6 is 23.2 Å². The molecule has 1 heterocycles. The lowest BCUT2D eigenvalue weighted by Gasteiger charge is -2.23. The van der Waals surface area contributed by atoms with Gasteiger partial charge in [-0.05, 0) is 31.5 Å². The Morgan fingerprint density at radius 2 is 2.17 bits per heavy atom. The largest absolute Gasteiger partial charge is 0.326 e. The molecule has 0 radical (unpaired) electrons. The van der Waals surface area contributed by atoms with Crippen molar-refractivity contribution in [1.29, 1.82) is 0 Å². The van der Waals surface area contributed by atoms with E-state index in [0.29, 0.717) is 22.3 Å². The fourth-order valence-corrected chi connectivity index (χ4v) is 2.32. The lowest BCUT2D eigenvalue weighted by Crippen LogP contribution is -2.42. The van der Waals surface area contributed by atoms with Crippen LogP contribution in [0.1, 0.15) is 13.3 Å². The van der Waals surface area contributed by atoms with Crippen molar-refractivity contribution in [3.63, 3.8) is 0 Å². The summed E-state index contributed by atoms with van der Waals surface area (Å²) in [5, 5.41) is 3.67. The summed E-state index contributed by atoms with van der Waals surface area (Å²) in [6, 6.07) is 4.93. The number of rotatable bonds is 1. The average Bonchev–Trinajstić information content (AvgIpc) is 2.65. The molecule has 3 N–H and O–H groups in total. The van der Waals surface area contributed by atoms with Crippen LogP contribution in [-0.4, -0.2) is 29.6 Å². The Morgan fingerprint density at radius 1 is 1.44 bits per heavy atom. The van der Waals surface area contributed by atoms with Gasteiger partial charge in [0.05, 0.1) is 10.0 Å². The molecule has 98 valence electrons. The highest BCUT2D eigenvalue weighted by Crippen LogP contribution is 2.25. The van der Waals surface area contributed by atoms with Crippen LogP contribution in [0.25, 0.3) is 0 Å². The minimum atomic E-state index is -0.158. The highest BCUT2D eigenvalue weighted by molar-refractivity contribution is 6.42. The zero-order valence-corrected chi connectivity index (χ0v) is 11.5. The highest BCUT2D eigenvalue weighted by Gasteiger charge is 2.31. The van der Waals surface area contributed by atoms with E-state index in [1.165, 1.54) is 0 Å². The molecule has 6 heteroatoms. The molecule has 0 bridgehead atoms. The molecule has 2 atom stereocenters. The minimum Gasteiger partial charge on any atom is -0.326 e. The summed E-state index contributed by atoms with van der Waals surface area (Å²) in [5.74, 6) is 0. The summed E-state index contributed by atoms with van der Waals surface area (Å²) in [5.41, 5.74) is 6.51. The second-order valence-corrected chi connectivity index (χ2v) is 5.26. The molecule has 1 aromatic rings. The first-order valence-electron chi connectivity index (χ1n) is 5.77. The van der Waals surface area contributed by atoms with Crippen molar-refractivity contribution in [3.05, 3.63) is 28.2 Å². The normalized spacial score (nSPS) is 23.2. The topological polar surface area (TPSA) is 58.4 Å². The van der Waals surface area contributed by atoms with E-state index in [9.17, 15) is 4.79 Å². The maximum atomic E-state index is 12.1. The molecule has 4 nitrogen and oxygen atoms in total. The number of urea groups is 1. The van der Waals surface area contributed by atoms with Crippen molar-refractivity contribution in [3.8, 4) is 0 Å². The summed E-state index contributed by atoms with van der Waals surface area (Å²) < 4.78 is 0. The van der Waals surface area contributed by atoms with Crippen molar-refractivity contribution in [2.75, 3.05) is 11.9 Å². The molecule has 0 saturated carbocycles. The summed E-state index contributed by atoms with van der Waals surface area (Å²) >= 11 is 11.7. The average molecular weight is 288 g/mol. The van der Waals surface area contributed by atoms with Gasteiger partial charge in [0.2, 0.25) is 0 Å². The number of nitrogens with zero attached hydrogens (tertiary/aromatic N) is 1. The van der Waals surface area contributed by atoms with Crippen molar-refractivity contribution in [1.82, 2.24) is 4.90 Å². The molecule has 18 heavy (non-hydrogen) atoms. The fourth-order valence-electron chi connectivity index (χ4n) is 2.02. The fraction of sp³-hybridized carbons (Fsp3) is 0.417. The van der Waals surface area contributed by atoms with Gasteiger partial charge >= 0.3 is 6.03 Å². The predicted molar refractivity (Wildman–Crippen MR) is 74.2 cm³/mol. The Balaban J connectivity index is 2.05. The van der Waals surface area contributed by atoms with Gasteiger partial charge in [-0.2, -0.15) is 0 Å². The quantitative estimate of drug-likeness (QED) is 0.834. The maximum absolute atomic E-state index is 12.1. The third kappa shape index (κ3) is 2.71. The first kappa shape index (κ1) is 13.5. The Bertz CT molecular complexity index is 467. The molecule has 0 aromatic heterocycles. The zero-order chi connectivity index (χ0) is 13.3. The van der Waals surface area contributed by atoms with E-state index in [1.54, 1.807) is 23.1 Å². The van der Waals surface area contributed by atoms with Gasteiger partial charge in [-0.15, -0.1) is 0 Å². The van der Waals surface area contributed by atoms with Gasteiger partial charge in [0.1, 0.15) is 0 Å². The van der Waals surface area contributed by atoms with Crippen LogP contribution in [0.15, 0.2) is 18.2 Å². The molecule has 1 aliphatic heterocycles. The minimum absolute atomic E-state index is 0.0459. The smallest absolute Gasteiger partial charge is 0.322 e. The van der Waals surface area contributed by atoms with Crippen molar-refractivity contribution < 1.29 is 4.79 Å². The Labute approximate surface area is 116 Å². The number of nitrogens with one attached hydrogen (secondary N) is 1. The number of hydrogen-bond acceptors (Lipinski definition) is 2. The van der Waals surface area contributed by atoms with E-state index in [2.05, 4.69) is 5.32 Å². The van der Waals surface area contributed by atoms with E-state index in [4.69, 9.17) is 28.9 Å². The van der Waals surface area contributed by atoms with Gasteiger partial charge < -0.3 is 16.0 Å². The zero-order valence-electron chi connectivity index (χ0n) is 9.99. The molecule has 0 spiro atoms. The number of benzene rings is 1. The number of carbonyl (C=O) groups is 1. The number of hydrogen-bond donors (Lipinski definition) is 2. The van der Waals surface area contributed by atoms with Gasteiger partial charge in [-0.25, -0.2) is 4.79 Å². The van der Waals surface area contributed by atoms with Gasteiger partial charge in [-0.3, -0.25) is 0 Å². The van der Waals surface area contributed by atoms with Crippen LogP contribution in [0, 0.1) is 0 Å². The third-order valence-corrected chi connectivity index (χ3v) is 3.99. The molecule has 1 aromatic carbocycles. The van der Waals surface area contributed by atoms with Crippen molar-refractivity contribution in [2.24, 2.45) is 5.73 Å².